The average Bonchev–Trinajstić information content (AvgIpc) is 3.92. The van der Waals surface area contributed by atoms with Gasteiger partial charge in [0.1, 0.15) is 0 Å². The van der Waals surface area contributed by atoms with Gasteiger partial charge in [-0.2, -0.15) is 0 Å². The molecule has 2 heteroatoms. The summed E-state index contributed by atoms with van der Waals surface area (Å²) in [5.74, 6) is 0. The first-order valence-electron chi connectivity index (χ1n) is 23.4. The highest BCUT2D eigenvalue weighted by atomic mass is 15.0. The normalized spacial score (nSPS) is 12.0. The van der Waals surface area contributed by atoms with Crippen LogP contribution in [0.3, 0.4) is 0 Å². The van der Waals surface area contributed by atoms with Crippen LogP contribution in [0, 0.1) is 0 Å². The molecule has 2 nitrogen and oxygen atoms in total. The van der Waals surface area contributed by atoms with Gasteiger partial charge in [0.15, 0.2) is 0 Å². The predicted molar refractivity (Wildman–Crippen MR) is 292 cm³/mol. The maximum absolute atomic E-state index is 2.44. The molecular formula is C66H44N2. The number of rotatable bonds is 8. The molecular weight excluding hydrogens is 821 g/mol. The van der Waals surface area contributed by atoms with Crippen molar-refractivity contribution in [2.75, 3.05) is 0 Å². The van der Waals surface area contributed by atoms with Crippen LogP contribution in [0.2, 0.25) is 0 Å². The molecule has 2 aromatic heterocycles. The van der Waals surface area contributed by atoms with E-state index >= 15 is 0 Å². The standard InChI is InChI=1S/C66H44N2/c1-3-17-45(18-4-1)33-35-47-21-15-23-49(41-47)65-57-39-37-52(68-63-31-13-9-27-55(63)56-28-10-14-32-64(56)68)44-60(57)66(50-24-16-22-48(42-50)36-34-46-19-5-2-6-20-46)58-40-38-51(43-59(58)65)67-61-29-11-7-25-53(61)54-26-8-12-30-62(54)67/h1-44H. The lowest BCUT2D eigenvalue weighted by Crippen LogP contribution is -1.98. The van der Waals surface area contributed by atoms with Gasteiger partial charge < -0.3 is 9.13 Å². The van der Waals surface area contributed by atoms with Gasteiger partial charge in [-0.15, -0.1) is 0 Å². The van der Waals surface area contributed by atoms with E-state index in [1.54, 1.807) is 0 Å². The lowest BCUT2D eigenvalue weighted by Gasteiger charge is -2.21. The summed E-state index contributed by atoms with van der Waals surface area (Å²) in [6.07, 6.45) is 8.87. The highest BCUT2D eigenvalue weighted by Crippen LogP contribution is 2.47. The molecule has 2 heterocycles. The lowest BCUT2D eigenvalue weighted by molar-refractivity contribution is 1.18. The molecule has 0 amide bonds. The number of para-hydroxylation sites is 4. The summed E-state index contributed by atoms with van der Waals surface area (Å²) >= 11 is 0. The van der Waals surface area contributed by atoms with E-state index < -0.39 is 0 Å². The number of hydrogen-bond donors (Lipinski definition) is 0. The second-order valence-corrected chi connectivity index (χ2v) is 17.7. The first-order chi connectivity index (χ1) is 33.7. The highest BCUT2D eigenvalue weighted by Gasteiger charge is 2.21. The van der Waals surface area contributed by atoms with Crippen LogP contribution in [0.5, 0.6) is 0 Å². The zero-order valence-corrected chi connectivity index (χ0v) is 37.3. The van der Waals surface area contributed by atoms with Gasteiger partial charge in [-0.1, -0.05) is 206 Å². The van der Waals surface area contributed by atoms with Crippen molar-refractivity contribution in [1.82, 2.24) is 9.13 Å². The quantitative estimate of drug-likeness (QED) is 0.106. The first kappa shape index (κ1) is 39.4. The molecule has 0 atom stereocenters. The lowest BCUT2D eigenvalue weighted by atomic mass is 9.85. The third-order valence-electron chi connectivity index (χ3n) is 13.6. The monoisotopic (exact) mass is 864 g/mol. The van der Waals surface area contributed by atoms with Crippen molar-refractivity contribution in [3.8, 4) is 33.6 Å². The summed E-state index contributed by atoms with van der Waals surface area (Å²) in [7, 11) is 0. The topological polar surface area (TPSA) is 9.86 Å². The van der Waals surface area contributed by atoms with Crippen LogP contribution in [-0.2, 0) is 0 Å². The Morgan fingerprint density at radius 1 is 0.221 bits per heavy atom. The molecule has 318 valence electrons. The van der Waals surface area contributed by atoms with Crippen LogP contribution in [0.15, 0.2) is 243 Å². The van der Waals surface area contributed by atoms with E-state index in [2.05, 4.69) is 276 Å². The Morgan fingerprint density at radius 2 is 0.544 bits per heavy atom. The molecule has 0 spiro atoms. The van der Waals surface area contributed by atoms with Crippen LogP contribution in [0.25, 0.3) is 123 Å². The number of nitrogens with zero attached hydrogens (tertiary/aromatic N) is 2. The molecule has 0 saturated carbocycles. The minimum Gasteiger partial charge on any atom is -0.309 e. The molecule has 0 saturated heterocycles. The van der Waals surface area contributed by atoms with E-state index in [9.17, 15) is 0 Å². The second kappa shape index (κ2) is 16.5. The van der Waals surface area contributed by atoms with Crippen molar-refractivity contribution >= 4 is 89.5 Å². The molecule has 0 aliphatic rings. The van der Waals surface area contributed by atoms with E-state index in [4.69, 9.17) is 0 Å². The van der Waals surface area contributed by atoms with Crippen LogP contribution in [-0.4, -0.2) is 9.13 Å². The van der Waals surface area contributed by atoms with Crippen molar-refractivity contribution in [1.29, 1.82) is 0 Å². The maximum atomic E-state index is 2.44. The summed E-state index contributed by atoms with van der Waals surface area (Å²) in [5.41, 5.74) is 16.4. The average molecular weight is 865 g/mol. The van der Waals surface area contributed by atoms with E-state index in [0.717, 1.165) is 22.5 Å². The zero-order valence-electron chi connectivity index (χ0n) is 37.3. The summed E-state index contributed by atoms with van der Waals surface area (Å²) < 4.78 is 4.88. The molecule has 0 N–H and O–H groups in total. The maximum Gasteiger partial charge on any atom is 0.0541 e. The van der Waals surface area contributed by atoms with Gasteiger partial charge >= 0.3 is 0 Å². The smallest absolute Gasteiger partial charge is 0.0541 e. The number of aromatic nitrogens is 2. The van der Waals surface area contributed by atoms with E-state index in [-0.39, 0.29) is 0 Å². The van der Waals surface area contributed by atoms with E-state index in [1.165, 1.54) is 98.5 Å². The van der Waals surface area contributed by atoms with E-state index in [0.29, 0.717) is 0 Å². The molecule has 11 aromatic carbocycles. The Morgan fingerprint density at radius 3 is 0.926 bits per heavy atom. The Balaban J connectivity index is 1.13. The van der Waals surface area contributed by atoms with Gasteiger partial charge in [0, 0.05) is 32.9 Å². The predicted octanol–water partition coefficient (Wildman–Crippen LogP) is 17.9. The zero-order chi connectivity index (χ0) is 45.0. The van der Waals surface area contributed by atoms with Crippen LogP contribution in [0.4, 0.5) is 0 Å². The van der Waals surface area contributed by atoms with Crippen LogP contribution < -0.4 is 0 Å². The Bertz CT molecular complexity index is 3750. The second-order valence-electron chi connectivity index (χ2n) is 17.7. The first-order valence-corrected chi connectivity index (χ1v) is 23.4. The molecule has 0 fully saturated rings. The fourth-order valence-corrected chi connectivity index (χ4v) is 10.6. The fraction of sp³-hybridized carbons (Fsp3) is 0. The SMILES string of the molecule is C(=Cc1cccc(-c2c3ccc(-n4c5ccccc5c5ccccc54)cc3c(-c3cccc(C=Cc4ccccc4)c3)c3ccc(-n4c5ccccc5c5ccccc54)cc23)c1)c1ccccc1. The minimum atomic E-state index is 1.13. The summed E-state index contributed by atoms with van der Waals surface area (Å²) in [4.78, 5) is 0. The van der Waals surface area contributed by atoms with Crippen molar-refractivity contribution < 1.29 is 0 Å². The summed E-state index contributed by atoms with van der Waals surface area (Å²) in [5, 5.41) is 9.79. The van der Waals surface area contributed by atoms with E-state index in [1.807, 2.05) is 0 Å². The van der Waals surface area contributed by atoms with Crippen LogP contribution in [0.1, 0.15) is 22.3 Å². The van der Waals surface area contributed by atoms with Gasteiger partial charge in [0.25, 0.3) is 0 Å². The minimum absolute atomic E-state index is 1.13. The molecule has 0 unspecified atom stereocenters. The Hall–Kier alpha value is -8.98. The van der Waals surface area contributed by atoms with Crippen molar-refractivity contribution in [2.24, 2.45) is 0 Å². The van der Waals surface area contributed by atoms with Gasteiger partial charge in [-0.05, 0) is 127 Å². The largest absolute Gasteiger partial charge is 0.309 e. The van der Waals surface area contributed by atoms with Gasteiger partial charge in [0.05, 0.1) is 22.1 Å². The van der Waals surface area contributed by atoms with Crippen LogP contribution >= 0.6 is 0 Å². The molecule has 68 heavy (non-hydrogen) atoms. The molecule has 0 radical (unpaired) electrons. The number of benzene rings is 11. The number of hydrogen-bond acceptors (Lipinski definition) is 0. The summed E-state index contributed by atoms with van der Waals surface area (Å²) in [6, 6.07) is 88.7. The van der Waals surface area contributed by atoms with Crippen molar-refractivity contribution in [3.63, 3.8) is 0 Å². The Kier molecular flexibility index (Phi) is 9.54. The highest BCUT2D eigenvalue weighted by molar-refractivity contribution is 6.23. The number of fused-ring (bicyclic) bond motifs is 8. The summed E-state index contributed by atoms with van der Waals surface area (Å²) in [6.45, 7) is 0. The van der Waals surface area contributed by atoms with Gasteiger partial charge in [0.2, 0.25) is 0 Å². The fourth-order valence-electron chi connectivity index (χ4n) is 10.6. The van der Waals surface area contributed by atoms with Crippen molar-refractivity contribution in [3.05, 3.63) is 265 Å². The molecule has 0 aliphatic carbocycles. The van der Waals surface area contributed by atoms with Gasteiger partial charge in [-0.25, -0.2) is 0 Å². The molecule has 0 aliphatic heterocycles. The van der Waals surface area contributed by atoms with Gasteiger partial charge in [-0.3, -0.25) is 0 Å². The molecule has 0 bridgehead atoms. The molecule has 13 rings (SSSR count). The third kappa shape index (κ3) is 6.73. The third-order valence-corrected chi connectivity index (χ3v) is 13.6. The Labute approximate surface area is 395 Å². The van der Waals surface area contributed by atoms with Crippen molar-refractivity contribution in [2.45, 2.75) is 0 Å². The molecule has 13 aromatic rings.